The Hall–Kier alpha value is -1.60. The molecule has 1 fully saturated rings. The van der Waals surface area contributed by atoms with Crippen molar-refractivity contribution < 1.29 is 18.3 Å². The number of aromatic hydroxyl groups is 1. The van der Waals surface area contributed by atoms with Crippen LogP contribution in [0.2, 0.25) is 0 Å². The summed E-state index contributed by atoms with van der Waals surface area (Å²) in [6.45, 7) is 0.409. The summed E-state index contributed by atoms with van der Waals surface area (Å²) >= 11 is 0. The van der Waals surface area contributed by atoms with E-state index in [0.29, 0.717) is 19.4 Å². The van der Waals surface area contributed by atoms with Crippen LogP contribution in [0.5, 0.6) is 5.75 Å². The molecule has 1 amide bonds. The number of sulfonamides is 1. The smallest absolute Gasteiger partial charge is 0.246 e. The molecule has 0 aliphatic carbocycles. The van der Waals surface area contributed by atoms with Crippen molar-refractivity contribution in [2.24, 2.45) is 11.7 Å². The molecule has 0 radical (unpaired) electrons. The van der Waals surface area contributed by atoms with Crippen LogP contribution < -0.4 is 5.73 Å². The second-order valence-corrected chi connectivity index (χ2v) is 6.48. The largest absolute Gasteiger partial charge is 0.507 e. The van der Waals surface area contributed by atoms with Gasteiger partial charge >= 0.3 is 0 Å². The summed E-state index contributed by atoms with van der Waals surface area (Å²) in [4.78, 5) is 11.0. The van der Waals surface area contributed by atoms with Gasteiger partial charge < -0.3 is 10.8 Å². The number of rotatable bonds is 3. The SMILES string of the molecule is NC(=O)C1CCCN(S(=O)(=O)c2ccccc2O)C1. The lowest BCUT2D eigenvalue weighted by atomic mass is 9.99. The number of hydrogen-bond acceptors (Lipinski definition) is 4. The summed E-state index contributed by atoms with van der Waals surface area (Å²) in [6.07, 6.45) is 1.18. The van der Waals surface area contributed by atoms with Crippen molar-refractivity contribution in [2.75, 3.05) is 13.1 Å². The lowest BCUT2D eigenvalue weighted by Crippen LogP contribution is -2.44. The monoisotopic (exact) mass is 284 g/mol. The van der Waals surface area contributed by atoms with Gasteiger partial charge in [-0.25, -0.2) is 8.42 Å². The number of piperidine rings is 1. The molecular weight excluding hydrogens is 268 g/mol. The van der Waals surface area contributed by atoms with E-state index in [2.05, 4.69) is 0 Å². The third-order valence-electron chi connectivity index (χ3n) is 3.27. The van der Waals surface area contributed by atoms with Gasteiger partial charge in [-0.1, -0.05) is 12.1 Å². The molecular formula is C12H16N2O4S. The highest BCUT2D eigenvalue weighted by molar-refractivity contribution is 7.89. The standard InChI is InChI=1S/C12H16N2O4S/c13-12(16)9-4-3-7-14(8-9)19(17,18)11-6-2-1-5-10(11)15/h1-2,5-6,9,15H,3-4,7-8H2,(H2,13,16). The first-order valence-electron chi connectivity index (χ1n) is 6.00. The van der Waals surface area contributed by atoms with E-state index in [0.717, 1.165) is 0 Å². The molecule has 1 aromatic carbocycles. The Labute approximate surface area is 111 Å². The number of phenolic OH excluding ortho intramolecular Hbond substituents is 1. The van der Waals surface area contributed by atoms with E-state index in [1.165, 1.54) is 16.4 Å². The highest BCUT2D eigenvalue weighted by Crippen LogP contribution is 2.28. The fourth-order valence-electron chi connectivity index (χ4n) is 2.21. The first-order valence-corrected chi connectivity index (χ1v) is 7.44. The Balaban J connectivity index is 2.30. The molecule has 1 atom stereocenters. The number of carbonyl (C=O) groups excluding carboxylic acids is 1. The van der Waals surface area contributed by atoms with Gasteiger partial charge in [-0.15, -0.1) is 0 Å². The molecule has 1 unspecified atom stereocenters. The van der Waals surface area contributed by atoms with Crippen molar-refractivity contribution in [3.8, 4) is 5.75 Å². The highest BCUT2D eigenvalue weighted by Gasteiger charge is 2.33. The van der Waals surface area contributed by atoms with Gasteiger partial charge in [-0.05, 0) is 25.0 Å². The Morgan fingerprint density at radius 1 is 1.37 bits per heavy atom. The molecule has 1 saturated heterocycles. The van der Waals surface area contributed by atoms with Crippen molar-refractivity contribution >= 4 is 15.9 Å². The summed E-state index contributed by atoms with van der Waals surface area (Å²) in [7, 11) is -3.78. The van der Waals surface area contributed by atoms with Gasteiger partial charge in [0.2, 0.25) is 15.9 Å². The number of carbonyl (C=O) groups is 1. The summed E-state index contributed by atoms with van der Waals surface area (Å²) in [5.41, 5.74) is 5.23. The number of phenols is 1. The maximum absolute atomic E-state index is 12.4. The van der Waals surface area contributed by atoms with E-state index in [9.17, 15) is 18.3 Å². The minimum Gasteiger partial charge on any atom is -0.507 e. The number of nitrogens with two attached hydrogens (primary N) is 1. The van der Waals surface area contributed by atoms with Crippen LogP contribution in [0, 0.1) is 5.92 Å². The zero-order chi connectivity index (χ0) is 14.0. The summed E-state index contributed by atoms with van der Waals surface area (Å²) in [5.74, 6) is -1.24. The van der Waals surface area contributed by atoms with E-state index in [4.69, 9.17) is 5.73 Å². The molecule has 0 saturated carbocycles. The fraction of sp³-hybridized carbons (Fsp3) is 0.417. The number of amides is 1. The van der Waals surface area contributed by atoms with Gasteiger partial charge in [-0.2, -0.15) is 4.31 Å². The molecule has 7 heteroatoms. The van der Waals surface area contributed by atoms with Crippen molar-refractivity contribution in [2.45, 2.75) is 17.7 Å². The van der Waals surface area contributed by atoms with Crippen LogP contribution in [0.15, 0.2) is 29.2 Å². The first kappa shape index (κ1) is 13.8. The Kier molecular flexibility index (Phi) is 3.77. The number of benzene rings is 1. The first-order chi connectivity index (χ1) is 8.93. The van der Waals surface area contributed by atoms with Gasteiger partial charge in [0.1, 0.15) is 10.6 Å². The minimum atomic E-state index is -3.78. The van der Waals surface area contributed by atoms with Crippen LogP contribution >= 0.6 is 0 Å². The summed E-state index contributed by atoms with van der Waals surface area (Å²) in [5, 5.41) is 9.65. The minimum absolute atomic E-state index is 0.0754. The van der Waals surface area contributed by atoms with Gasteiger partial charge in [-0.3, -0.25) is 4.79 Å². The lowest BCUT2D eigenvalue weighted by molar-refractivity contribution is -0.122. The zero-order valence-corrected chi connectivity index (χ0v) is 11.1. The van der Waals surface area contributed by atoms with Crippen molar-refractivity contribution in [3.63, 3.8) is 0 Å². The molecule has 6 nitrogen and oxygen atoms in total. The molecule has 1 aliphatic heterocycles. The van der Waals surface area contributed by atoms with E-state index in [1.807, 2.05) is 0 Å². The fourth-order valence-corrected chi connectivity index (χ4v) is 3.81. The summed E-state index contributed by atoms with van der Waals surface area (Å²) < 4.78 is 26.0. The van der Waals surface area contributed by atoms with Crippen LogP contribution in [0.1, 0.15) is 12.8 Å². The van der Waals surface area contributed by atoms with Crippen molar-refractivity contribution in [1.82, 2.24) is 4.31 Å². The molecule has 0 bridgehead atoms. The molecule has 104 valence electrons. The van der Waals surface area contributed by atoms with Gasteiger partial charge in [0.25, 0.3) is 0 Å². The quantitative estimate of drug-likeness (QED) is 0.832. The molecule has 0 spiro atoms. The highest BCUT2D eigenvalue weighted by atomic mass is 32.2. The normalized spacial score (nSPS) is 21.2. The van der Waals surface area contributed by atoms with E-state index in [-0.39, 0.29) is 17.2 Å². The molecule has 0 aromatic heterocycles. The van der Waals surface area contributed by atoms with Crippen LogP contribution in [-0.2, 0) is 14.8 Å². The molecule has 1 heterocycles. The third-order valence-corrected chi connectivity index (χ3v) is 5.18. The number of para-hydroxylation sites is 1. The predicted octanol–water partition coefficient (Wildman–Crippen LogP) is 0.278. The second-order valence-electron chi connectivity index (χ2n) is 4.57. The number of hydrogen-bond donors (Lipinski definition) is 2. The van der Waals surface area contributed by atoms with Crippen LogP contribution in [0.4, 0.5) is 0 Å². The van der Waals surface area contributed by atoms with Gasteiger partial charge in [0, 0.05) is 13.1 Å². The predicted molar refractivity (Wildman–Crippen MR) is 68.8 cm³/mol. The second kappa shape index (κ2) is 5.18. The average molecular weight is 284 g/mol. The molecule has 3 N–H and O–H groups in total. The maximum atomic E-state index is 12.4. The number of nitrogens with zero attached hydrogens (tertiary/aromatic N) is 1. The molecule has 1 aliphatic rings. The lowest BCUT2D eigenvalue weighted by Gasteiger charge is -2.30. The van der Waals surface area contributed by atoms with Crippen LogP contribution in [0.3, 0.4) is 0 Å². The van der Waals surface area contributed by atoms with Crippen molar-refractivity contribution in [1.29, 1.82) is 0 Å². The van der Waals surface area contributed by atoms with E-state index >= 15 is 0 Å². The van der Waals surface area contributed by atoms with E-state index in [1.54, 1.807) is 12.1 Å². The van der Waals surface area contributed by atoms with Gasteiger partial charge in [0.15, 0.2) is 0 Å². The van der Waals surface area contributed by atoms with Crippen molar-refractivity contribution in [3.05, 3.63) is 24.3 Å². The Bertz CT molecular complexity index is 585. The average Bonchev–Trinajstić information content (AvgIpc) is 2.39. The van der Waals surface area contributed by atoms with Gasteiger partial charge in [0.05, 0.1) is 5.92 Å². The Morgan fingerprint density at radius 3 is 2.68 bits per heavy atom. The van der Waals surface area contributed by atoms with Crippen LogP contribution in [0.25, 0.3) is 0 Å². The Morgan fingerprint density at radius 2 is 2.05 bits per heavy atom. The molecule has 2 rings (SSSR count). The molecule has 1 aromatic rings. The van der Waals surface area contributed by atoms with Crippen LogP contribution in [-0.4, -0.2) is 36.8 Å². The third kappa shape index (κ3) is 2.71. The summed E-state index contributed by atoms with van der Waals surface area (Å²) in [6, 6.07) is 5.76. The molecule has 19 heavy (non-hydrogen) atoms. The number of primary amides is 1. The maximum Gasteiger partial charge on any atom is 0.246 e. The van der Waals surface area contributed by atoms with E-state index < -0.39 is 21.8 Å². The zero-order valence-electron chi connectivity index (χ0n) is 10.3. The topological polar surface area (TPSA) is 101 Å².